The molecule has 0 fully saturated rings. The van der Waals surface area contributed by atoms with Crippen LogP contribution in [0.5, 0.6) is 0 Å². The number of carbonyl (C=O) groups is 1. The highest BCUT2D eigenvalue weighted by molar-refractivity contribution is 6.30. The molecule has 1 amide bonds. The van der Waals surface area contributed by atoms with Crippen molar-refractivity contribution >= 4 is 23.3 Å². The van der Waals surface area contributed by atoms with Crippen LogP contribution >= 0.6 is 11.6 Å². The van der Waals surface area contributed by atoms with Gasteiger partial charge in [-0.05, 0) is 29.8 Å². The third-order valence-corrected chi connectivity index (χ3v) is 4.35. The van der Waals surface area contributed by atoms with Gasteiger partial charge in [-0.2, -0.15) is 5.10 Å². The lowest BCUT2D eigenvalue weighted by molar-refractivity contribution is -0.116. The Morgan fingerprint density at radius 3 is 2.57 bits per heavy atom. The zero-order chi connectivity index (χ0) is 15.8. The van der Waals surface area contributed by atoms with E-state index in [1.807, 2.05) is 60.8 Å². The molecule has 0 spiro atoms. The molecule has 4 nitrogen and oxygen atoms in total. The number of halogens is 1. The van der Waals surface area contributed by atoms with Crippen molar-refractivity contribution in [1.82, 2.24) is 9.78 Å². The highest BCUT2D eigenvalue weighted by Gasteiger charge is 2.30. The number of carbonyl (C=O) groups excluding carboxylic acids is 1. The Balaban J connectivity index is 1.81. The maximum atomic E-state index is 12.2. The highest BCUT2D eigenvalue weighted by atomic mass is 35.5. The summed E-state index contributed by atoms with van der Waals surface area (Å²) in [6.45, 7) is 0. The lowest BCUT2D eigenvalue weighted by Gasteiger charge is -2.23. The molecule has 23 heavy (non-hydrogen) atoms. The Bertz CT molecular complexity index is 856. The van der Waals surface area contributed by atoms with Crippen LogP contribution in [0.1, 0.15) is 23.5 Å². The van der Waals surface area contributed by atoms with Crippen molar-refractivity contribution in [3.8, 4) is 5.69 Å². The summed E-state index contributed by atoms with van der Waals surface area (Å²) in [5.74, 6) is 0.764. The molecule has 2 aromatic carbocycles. The van der Waals surface area contributed by atoms with Crippen LogP contribution in [0.4, 0.5) is 5.82 Å². The molecule has 0 saturated carbocycles. The quantitative estimate of drug-likeness (QED) is 0.775. The monoisotopic (exact) mass is 323 g/mol. The summed E-state index contributed by atoms with van der Waals surface area (Å²) in [5.41, 5.74) is 3.02. The van der Waals surface area contributed by atoms with Crippen LogP contribution in [0, 0.1) is 0 Å². The minimum atomic E-state index is 0.00191. The van der Waals surface area contributed by atoms with E-state index >= 15 is 0 Å². The lowest BCUT2D eigenvalue weighted by Crippen LogP contribution is -2.24. The molecule has 114 valence electrons. The molecule has 2 heterocycles. The van der Waals surface area contributed by atoms with Crippen LogP contribution in [-0.2, 0) is 4.79 Å². The number of nitrogens with one attached hydrogen (secondary N) is 1. The second-order valence-corrected chi connectivity index (χ2v) is 5.99. The van der Waals surface area contributed by atoms with Gasteiger partial charge in [-0.25, -0.2) is 4.68 Å². The second-order valence-electron chi connectivity index (χ2n) is 5.55. The maximum Gasteiger partial charge on any atom is 0.226 e. The van der Waals surface area contributed by atoms with Gasteiger partial charge in [0.1, 0.15) is 5.82 Å². The normalized spacial score (nSPS) is 16.7. The fraction of sp³-hybridized carbons (Fsp3) is 0.111. The first-order chi connectivity index (χ1) is 11.2. The summed E-state index contributed by atoms with van der Waals surface area (Å²) in [5, 5.41) is 8.08. The van der Waals surface area contributed by atoms with Gasteiger partial charge in [0, 0.05) is 22.9 Å². The van der Waals surface area contributed by atoms with Crippen molar-refractivity contribution in [2.45, 2.75) is 12.3 Å². The third kappa shape index (κ3) is 2.51. The number of rotatable bonds is 2. The van der Waals surface area contributed by atoms with Gasteiger partial charge < -0.3 is 5.32 Å². The molecule has 0 bridgehead atoms. The van der Waals surface area contributed by atoms with Crippen LogP contribution in [0.2, 0.25) is 5.02 Å². The molecule has 1 atom stereocenters. The van der Waals surface area contributed by atoms with E-state index < -0.39 is 0 Å². The predicted octanol–water partition coefficient (Wildman–Crippen LogP) is 4.00. The van der Waals surface area contributed by atoms with Crippen LogP contribution < -0.4 is 5.32 Å². The minimum Gasteiger partial charge on any atom is -0.310 e. The second kappa shape index (κ2) is 5.56. The fourth-order valence-electron chi connectivity index (χ4n) is 2.98. The van der Waals surface area contributed by atoms with Gasteiger partial charge in [0.2, 0.25) is 5.91 Å². The van der Waals surface area contributed by atoms with Gasteiger partial charge in [0.05, 0.1) is 11.9 Å². The van der Waals surface area contributed by atoms with Crippen molar-refractivity contribution in [2.24, 2.45) is 0 Å². The van der Waals surface area contributed by atoms with Crippen LogP contribution in [-0.4, -0.2) is 15.7 Å². The molecule has 1 N–H and O–H groups in total. The summed E-state index contributed by atoms with van der Waals surface area (Å²) in [6.07, 6.45) is 2.27. The van der Waals surface area contributed by atoms with Gasteiger partial charge in [-0.3, -0.25) is 4.79 Å². The van der Waals surface area contributed by atoms with E-state index in [0.717, 1.165) is 22.6 Å². The van der Waals surface area contributed by atoms with E-state index in [1.165, 1.54) is 0 Å². The largest absolute Gasteiger partial charge is 0.310 e. The first kappa shape index (κ1) is 14.0. The molecular weight excluding hydrogens is 310 g/mol. The van der Waals surface area contributed by atoms with E-state index in [2.05, 4.69) is 10.4 Å². The van der Waals surface area contributed by atoms with Crippen molar-refractivity contribution in [1.29, 1.82) is 0 Å². The molecule has 0 aliphatic carbocycles. The molecule has 0 radical (unpaired) electrons. The van der Waals surface area contributed by atoms with E-state index in [1.54, 1.807) is 4.68 Å². The van der Waals surface area contributed by atoms with Crippen molar-refractivity contribution in [2.75, 3.05) is 5.32 Å². The number of anilines is 1. The lowest BCUT2D eigenvalue weighted by atomic mass is 9.87. The van der Waals surface area contributed by atoms with E-state index in [-0.39, 0.29) is 11.8 Å². The molecular formula is C18H14ClN3O. The Kier molecular flexibility index (Phi) is 3.39. The van der Waals surface area contributed by atoms with E-state index in [4.69, 9.17) is 11.6 Å². The molecule has 0 saturated heterocycles. The molecule has 4 rings (SSSR count). The number of hydrogen-bond acceptors (Lipinski definition) is 2. The molecule has 0 unspecified atom stereocenters. The number of hydrogen-bond donors (Lipinski definition) is 1. The number of amides is 1. The fourth-order valence-corrected chi connectivity index (χ4v) is 3.11. The van der Waals surface area contributed by atoms with Crippen LogP contribution in [0.25, 0.3) is 5.69 Å². The van der Waals surface area contributed by atoms with Gasteiger partial charge in [-0.15, -0.1) is 0 Å². The summed E-state index contributed by atoms with van der Waals surface area (Å²) >= 11 is 5.94. The summed E-state index contributed by atoms with van der Waals surface area (Å²) in [7, 11) is 0. The maximum absolute atomic E-state index is 12.2. The average molecular weight is 324 g/mol. The van der Waals surface area contributed by atoms with Gasteiger partial charge >= 0.3 is 0 Å². The number of fused-ring (bicyclic) bond motifs is 1. The molecule has 5 heteroatoms. The molecule has 3 aromatic rings. The SMILES string of the molecule is O=C1C[C@H](c2ccccc2)c2cnn(-c3ccc(Cl)cc3)c2N1. The van der Waals surface area contributed by atoms with Gasteiger partial charge in [-0.1, -0.05) is 41.9 Å². The number of benzene rings is 2. The Labute approximate surface area is 138 Å². The summed E-state index contributed by atoms with van der Waals surface area (Å²) in [6, 6.07) is 17.4. The first-order valence-electron chi connectivity index (χ1n) is 7.41. The first-order valence-corrected chi connectivity index (χ1v) is 7.79. The zero-order valence-corrected chi connectivity index (χ0v) is 13.0. The Morgan fingerprint density at radius 1 is 1.09 bits per heavy atom. The van der Waals surface area contributed by atoms with Gasteiger partial charge in [0.15, 0.2) is 0 Å². The van der Waals surface area contributed by atoms with Crippen molar-refractivity contribution < 1.29 is 4.79 Å². The number of nitrogens with zero attached hydrogens (tertiary/aromatic N) is 2. The topological polar surface area (TPSA) is 46.9 Å². The Hall–Kier alpha value is -2.59. The van der Waals surface area contributed by atoms with Crippen molar-refractivity contribution in [3.63, 3.8) is 0 Å². The van der Waals surface area contributed by atoms with E-state index in [0.29, 0.717) is 11.4 Å². The molecule has 1 aliphatic heterocycles. The predicted molar refractivity (Wildman–Crippen MR) is 90.1 cm³/mol. The number of aromatic nitrogens is 2. The smallest absolute Gasteiger partial charge is 0.226 e. The standard InChI is InChI=1S/C18H14ClN3O/c19-13-6-8-14(9-7-13)22-18-16(11-20-22)15(10-17(23)21-18)12-4-2-1-3-5-12/h1-9,11,15H,10H2,(H,21,23)/t15-/m1/s1. The van der Waals surface area contributed by atoms with Gasteiger partial charge in [0.25, 0.3) is 0 Å². The minimum absolute atomic E-state index is 0.00191. The van der Waals surface area contributed by atoms with Crippen LogP contribution in [0.15, 0.2) is 60.8 Å². The van der Waals surface area contributed by atoms with Crippen LogP contribution in [0.3, 0.4) is 0 Å². The molecule has 1 aromatic heterocycles. The zero-order valence-electron chi connectivity index (χ0n) is 12.2. The van der Waals surface area contributed by atoms with E-state index in [9.17, 15) is 4.79 Å². The summed E-state index contributed by atoms with van der Waals surface area (Å²) in [4.78, 5) is 12.2. The molecule has 1 aliphatic rings. The summed E-state index contributed by atoms with van der Waals surface area (Å²) < 4.78 is 1.75. The average Bonchev–Trinajstić information content (AvgIpc) is 2.99. The third-order valence-electron chi connectivity index (χ3n) is 4.09. The highest BCUT2D eigenvalue weighted by Crippen LogP contribution is 2.37. The van der Waals surface area contributed by atoms with Crippen molar-refractivity contribution in [3.05, 3.63) is 76.9 Å². The Morgan fingerprint density at radius 2 is 1.83 bits per heavy atom.